The van der Waals surface area contributed by atoms with Crippen molar-refractivity contribution in [2.24, 2.45) is 35.0 Å². The molecule has 162 valence electrons. The fourth-order valence-electron chi connectivity index (χ4n) is 8.37. The van der Waals surface area contributed by atoms with Gasteiger partial charge in [0.15, 0.2) is 0 Å². The van der Waals surface area contributed by atoms with E-state index in [1.165, 1.54) is 56.0 Å². The molecule has 1 N–H and O–H groups in total. The van der Waals surface area contributed by atoms with Gasteiger partial charge in [0, 0.05) is 5.92 Å². The summed E-state index contributed by atoms with van der Waals surface area (Å²) in [6.07, 6.45) is 11.5. The second-order valence-corrected chi connectivity index (χ2v) is 17.7. The third kappa shape index (κ3) is 3.28. The molecule has 0 bridgehead atoms. The van der Waals surface area contributed by atoms with Gasteiger partial charge in [-0.15, -0.1) is 0 Å². The van der Waals surface area contributed by atoms with E-state index < -0.39 is 13.7 Å². The SMILES string of the molecule is C[C@@]1(O)CC[C@H]2[C@@H](CC[C@@H]3[C@@H]2CC[C@]2(C)[C@@H](c4cc([Si](C)(C)C)on4)CC[C@@H]32)C1. The van der Waals surface area contributed by atoms with Crippen LogP contribution in [0.2, 0.25) is 19.6 Å². The highest BCUT2D eigenvalue weighted by Gasteiger charge is 2.58. The molecule has 1 heterocycles. The van der Waals surface area contributed by atoms with Crippen molar-refractivity contribution in [3.8, 4) is 0 Å². The number of nitrogens with zero attached hydrogens (tertiary/aromatic N) is 1. The monoisotopic (exact) mass is 415 g/mol. The summed E-state index contributed by atoms with van der Waals surface area (Å²) in [5.74, 6) is 4.93. The van der Waals surface area contributed by atoms with E-state index in [4.69, 9.17) is 4.52 Å². The van der Waals surface area contributed by atoms with Gasteiger partial charge in [-0.1, -0.05) is 31.7 Å². The first-order valence-electron chi connectivity index (χ1n) is 12.3. The smallest absolute Gasteiger partial charge is 0.127 e. The lowest BCUT2D eigenvalue weighted by atomic mass is 9.49. The van der Waals surface area contributed by atoms with Gasteiger partial charge in [-0.25, -0.2) is 0 Å². The first-order chi connectivity index (χ1) is 13.6. The van der Waals surface area contributed by atoms with Crippen LogP contribution in [0.4, 0.5) is 0 Å². The van der Waals surface area contributed by atoms with Crippen LogP contribution < -0.4 is 5.38 Å². The van der Waals surface area contributed by atoms with Gasteiger partial charge >= 0.3 is 0 Å². The molecule has 0 radical (unpaired) electrons. The van der Waals surface area contributed by atoms with Crippen LogP contribution in [0.25, 0.3) is 0 Å². The maximum Gasteiger partial charge on any atom is 0.127 e. The van der Waals surface area contributed by atoms with Gasteiger partial charge in [0.25, 0.3) is 0 Å². The normalized spacial score (nSPS) is 47.4. The highest BCUT2D eigenvalue weighted by Crippen LogP contribution is 2.66. The quantitative estimate of drug-likeness (QED) is 0.630. The molecule has 5 rings (SSSR count). The largest absolute Gasteiger partial charge is 0.390 e. The number of rotatable bonds is 2. The van der Waals surface area contributed by atoms with E-state index in [9.17, 15) is 5.11 Å². The van der Waals surface area contributed by atoms with Crippen molar-refractivity contribution in [2.45, 2.75) is 103 Å². The average molecular weight is 416 g/mol. The molecule has 0 amide bonds. The summed E-state index contributed by atoms with van der Waals surface area (Å²) in [5, 5.41) is 16.4. The van der Waals surface area contributed by atoms with Crippen LogP contribution in [-0.2, 0) is 0 Å². The predicted molar refractivity (Wildman–Crippen MR) is 120 cm³/mol. The highest BCUT2D eigenvalue weighted by atomic mass is 28.3. The van der Waals surface area contributed by atoms with Crippen molar-refractivity contribution in [2.75, 3.05) is 0 Å². The zero-order chi connectivity index (χ0) is 20.6. The fourth-order valence-corrected chi connectivity index (χ4v) is 9.27. The lowest BCUT2D eigenvalue weighted by molar-refractivity contribution is -0.0960. The highest BCUT2D eigenvalue weighted by molar-refractivity contribution is 6.87. The topological polar surface area (TPSA) is 46.3 Å². The number of hydrogen-bond acceptors (Lipinski definition) is 3. The van der Waals surface area contributed by atoms with Crippen molar-refractivity contribution in [1.82, 2.24) is 5.16 Å². The summed E-state index contributed by atoms with van der Waals surface area (Å²) < 4.78 is 5.85. The summed E-state index contributed by atoms with van der Waals surface area (Å²) in [5.41, 5.74) is 1.26. The molecule has 3 nitrogen and oxygen atoms in total. The number of fused-ring (bicyclic) bond motifs is 5. The summed E-state index contributed by atoms with van der Waals surface area (Å²) in [7, 11) is -1.44. The minimum absolute atomic E-state index is 0.405. The van der Waals surface area contributed by atoms with E-state index >= 15 is 0 Å². The first kappa shape index (κ1) is 20.3. The van der Waals surface area contributed by atoms with E-state index in [1.807, 2.05) is 0 Å². The Labute approximate surface area is 178 Å². The minimum atomic E-state index is -1.44. The Kier molecular flexibility index (Phi) is 4.68. The maximum atomic E-state index is 10.6. The minimum Gasteiger partial charge on any atom is -0.390 e. The van der Waals surface area contributed by atoms with Crippen LogP contribution in [0.5, 0.6) is 0 Å². The zero-order valence-electron chi connectivity index (χ0n) is 19.2. The molecule has 4 saturated carbocycles. The van der Waals surface area contributed by atoms with Gasteiger partial charge in [0.05, 0.1) is 11.3 Å². The predicted octanol–water partition coefficient (Wildman–Crippen LogP) is 5.71. The Morgan fingerprint density at radius 2 is 1.72 bits per heavy atom. The van der Waals surface area contributed by atoms with Crippen molar-refractivity contribution in [3.05, 3.63) is 11.8 Å². The maximum absolute atomic E-state index is 10.6. The fraction of sp³-hybridized carbons (Fsp3) is 0.880. The molecule has 1 aromatic heterocycles. The number of aromatic nitrogens is 1. The van der Waals surface area contributed by atoms with Gasteiger partial charge in [0.2, 0.25) is 0 Å². The van der Waals surface area contributed by atoms with Gasteiger partial charge in [-0.2, -0.15) is 0 Å². The first-order valence-corrected chi connectivity index (χ1v) is 15.8. The Morgan fingerprint density at radius 3 is 2.45 bits per heavy atom. The summed E-state index contributed by atoms with van der Waals surface area (Å²) in [4.78, 5) is 0. The molecule has 0 unspecified atom stereocenters. The Bertz CT molecular complexity index is 765. The van der Waals surface area contributed by atoms with Gasteiger partial charge in [0.1, 0.15) is 13.5 Å². The Balaban J connectivity index is 1.37. The second-order valence-electron chi connectivity index (χ2n) is 12.7. The molecule has 0 saturated heterocycles. The molecule has 0 aromatic carbocycles. The molecule has 4 aliphatic rings. The molecule has 4 heteroatoms. The number of hydrogen-bond donors (Lipinski definition) is 1. The van der Waals surface area contributed by atoms with Gasteiger partial charge < -0.3 is 9.63 Å². The Hall–Kier alpha value is -0.613. The van der Waals surface area contributed by atoms with Gasteiger partial charge in [-0.05, 0) is 106 Å². The lowest BCUT2D eigenvalue weighted by Crippen LogP contribution is -2.50. The molecule has 0 spiro atoms. The van der Waals surface area contributed by atoms with Crippen molar-refractivity contribution in [3.63, 3.8) is 0 Å². The summed E-state index contributed by atoms with van der Waals surface area (Å²) in [6.45, 7) is 11.7. The van der Waals surface area contributed by atoms with Crippen LogP contribution in [0, 0.1) is 35.0 Å². The van der Waals surface area contributed by atoms with E-state index in [-0.39, 0.29) is 0 Å². The molecular formula is C25H41NO2Si. The van der Waals surface area contributed by atoms with Crippen LogP contribution in [0.1, 0.15) is 83.2 Å². The third-order valence-corrected chi connectivity index (χ3v) is 11.6. The van der Waals surface area contributed by atoms with Gasteiger partial charge in [-0.3, -0.25) is 0 Å². The van der Waals surface area contributed by atoms with E-state index in [0.717, 1.165) is 42.4 Å². The number of aliphatic hydroxyl groups is 1. The molecule has 29 heavy (non-hydrogen) atoms. The molecule has 4 aliphatic carbocycles. The van der Waals surface area contributed by atoms with Crippen molar-refractivity contribution in [1.29, 1.82) is 0 Å². The molecule has 1 aromatic rings. The molecule has 0 aliphatic heterocycles. The standard InChI is InChI=1S/C25H41NO2Si/c1-24(27)12-10-17-16(15-24)6-7-19-18(17)11-13-25(2)20(19)8-9-21(25)22-14-23(28-26-22)29(3,4)5/h14,16-21,27H,6-13,15H2,1-5H3/t16-,17-,18+,19+,20-,21+,24+,25-/m0/s1. The summed E-state index contributed by atoms with van der Waals surface area (Å²) in [6, 6.07) is 2.33. The molecule has 4 fully saturated rings. The lowest BCUT2D eigenvalue weighted by Gasteiger charge is -2.56. The van der Waals surface area contributed by atoms with E-state index in [2.05, 4.69) is 44.7 Å². The van der Waals surface area contributed by atoms with Crippen molar-refractivity contribution >= 4 is 13.5 Å². The Morgan fingerprint density at radius 1 is 0.966 bits per heavy atom. The van der Waals surface area contributed by atoms with Crippen LogP contribution in [-0.4, -0.2) is 23.9 Å². The summed E-state index contributed by atoms with van der Waals surface area (Å²) >= 11 is 0. The van der Waals surface area contributed by atoms with Crippen LogP contribution in [0.3, 0.4) is 0 Å². The zero-order valence-corrected chi connectivity index (χ0v) is 20.2. The van der Waals surface area contributed by atoms with E-state index in [0.29, 0.717) is 11.3 Å². The van der Waals surface area contributed by atoms with E-state index in [1.54, 1.807) is 0 Å². The molecular weight excluding hydrogens is 374 g/mol. The van der Waals surface area contributed by atoms with Crippen LogP contribution >= 0.6 is 0 Å². The van der Waals surface area contributed by atoms with Crippen LogP contribution in [0.15, 0.2) is 10.6 Å². The average Bonchev–Trinajstić information content (AvgIpc) is 3.24. The third-order valence-electron chi connectivity index (χ3n) is 9.86. The molecule has 8 atom stereocenters. The van der Waals surface area contributed by atoms with Crippen molar-refractivity contribution < 1.29 is 9.63 Å². The second kappa shape index (κ2) is 6.69.